The third-order valence-corrected chi connectivity index (χ3v) is 5.63. The summed E-state index contributed by atoms with van der Waals surface area (Å²) < 4.78 is 5.45. The zero-order valence-electron chi connectivity index (χ0n) is 13.2. The third kappa shape index (κ3) is 2.49. The molecule has 2 nitrogen and oxygen atoms in total. The zero-order valence-corrected chi connectivity index (χ0v) is 13.2. The summed E-state index contributed by atoms with van der Waals surface area (Å²) in [4.78, 5) is 12.6. The smallest absolute Gasteiger partial charge is 0.310 e. The number of aryl methyl sites for hydroxylation is 1. The van der Waals surface area contributed by atoms with Gasteiger partial charge in [-0.1, -0.05) is 42.7 Å². The lowest BCUT2D eigenvalue weighted by Crippen LogP contribution is -2.50. The molecule has 2 aliphatic carbocycles. The standard InChI is InChI=1S/C19H26O2/c1-3-21-18(20)17-15-6-4-12-19(17,13-5-7-15)16-10-8-14(2)9-11-16/h8-11,15,17H,3-7,12-13H2,1-2H3. The molecule has 2 fully saturated rings. The predicted octanol–water partition coefficient (Wildman–Crippen LogP) is 4.40. The Labute approximate surface area is 127 Å². The molecule has 0 saturated heterocycles. The van der Waals surface area contributed by atoms with Crippen molar-refractivity contribution in [3.05, 3.63) is 35.4 Å². The molecule has 0 aromatic heterocycles. The van der Waals surface area contributed by atoms with E-state index in [1.54, 1.807) is 0 Å². The van der Waals surface area contributed by atoms with E-state index < -0.39 is 0 Å². The number of rotatable bonds is 3. The number of carbonyl (C=O) groups is 1. The van der Waals surface area contributed by atoms with Crippen molar-refractivity contribution in [2.75, 3.05) is 6.61 Å². The monoisotopic (exact) mass is 286 g/mol. The molecule has 2 aliphatic rings. The van der Waals surface area contributed by atoms with Crippen LogP contribution in [-0.4, -0.2) is 12.6 Å². The number of fused-ring (bicyclic) bond motifs is 2. The van der Waals surface area contributed by atoms with Gasteiger partial charge in [0.25, 0.3) is 0 Å². The van der Waals surface area contributed by atoms with Crippen LogP contribution >= 0.6 is 0 Å². The molecule has 1 atom stereocenters. The summed E-state index contributed by atoms with van der Waals surface area (Å²) in [6.07, 6.45) is 7.14. The van der Waals surface area contributed by atoms with Gasteiger partial charge >= 0.3 is 5.97 Å². The molecule has 0 spiro atoms. The van der Waals surface area contributed by atoms with E-state index in [4.69, 9.17) is 4.74 Å². The van der Waals surface area contributed by atoms with Crippen LogP contribution < -0.4 is 0 Å². The molecule has 21 heavy (non-hydrogen) atoms. The third-order valence-electron chi connectivity index (χ3n) is 5.63. The molecule has 0 heterocycles. The highest BCUT2D eigenvalue weighted by Crippen LogP contribution is 2.54. The maximum absolute atomic E-state index is 12.6. The second-order valence-electron chi connectivity index (χ2n) is 6.80. The first kappa shape index (κ1) is 14.6. The van der Waals surface area contributed by atoms with Crippen molar-refractivity contribution in [1.29, 1.82) is 0 Å². The van der Waals surface area contributed by atoms with Crippen molar-refractivity contribution >= 4 is 5.97 Å². The summed E-state index contributed by atoms with van der Waals surface area (Å²) in [5.74, 6) is 0.637. The van der Waals surface area contributed by atoms with Crippen LogP contribution in [0.2, 0.25) is 0 Å². The van der Waals surface area contributed by atoms with Gasteiger partial charge in [0.2, 0.25) is 0 Å². The molecule has 0 aliphatic heterocycles. The van der Waals surface area contributed by atoms with Gasteiger partial charge < -0.3 is 4.74 Å². The molecule has 114 valence electrons. The fraction of sp³-hybridized carbons (Fsp3) is 0.632. The summed E-state index contributed by atoms with van der Waals surface area (Å²) in [6.45, 7) is 4.52. The Morgan fingerprint density at radius 2 is 1.81 bits per heavy atom. The highest BCUT2D eigenvalue weighted by molar-refractivity contribution is 5.75. The van der Waals surface area contributed by atoms with E-state index in [1.165, 1.54) is 36.8 Å². The minimum absolute atomic E-state index is 0.0289. The van der Waals surface area contributed by atoms with E-state index in [1.807, 2.05) is 6.92 Å². The number of ether oxygens (including phenoxy) is 1. The van der Waals surface area contributed by atoms with Crippen molar-refractivity contribution < 1.29 is 9.53 Å². The summed E-state index contributed by atoms with van der Waals surface area (Å²) in [5.41, 5.74) is 2.67. The van der Waals surface area contributed by atoms with Gasteiger partial charge in [0, 0.05) is 5.41 Å². The maximum Gasteiger partial charge on any atom is 0.310 e. The lowest BCUT2D eigenvalue weighted by atomic mass is 9.53. The van der Waals surface area contributed by atoms with Crippen molar-refractivity contribution in [3.8, 4) is 0 Å². The van der Waals surface area contributed by atoms with Crippen molar-refractivity contribution in [2.24, 2.45) is 11.8 Å². The Kier molecular flexibility index (Phi) is 4.05. The fourth-order valence-electron chi connectivity index (χ4n) is 4.73. The molecule has 0 N–H and O–H groups in total. The SMILES string of the molecule is CCOC(=O)C1C2CCCC1(c1ccc(C)cc1)CCC2. The van der Waals surface area contributed by atoms with E-state index in [0.29, 0.717) is 12.5 Å². The van der Waals surface area contributed by atoms with Gasteiger partial charge in [-0.3, -0.25) is 4.79 Å². The van der Waals surface area contributed by atoms with Gasteiger partial charge in [-0.25, -0.2) is 0 Å². The average molecular weight is 286 g/mol. The number of hydrogen-bond acceptors (Lipinski definition) is 2. The van der Waals surface area contributed by atoms with E-state index in [9.17, 15) is 4.79 Å². The summed E-state index contributed by atoms with van der Waals surface area (Å²) >= 11 is 0. The molecule has 0 amide bonds. The van der Waals surface area contributed by atoms with E-state index in [-0.39, 0.29) is 17.3 Å². The first-order valence-corrected chi connectivity index (χ1v) is 8.41. The van der Waals surface area contributed by atoms with Crippen LogP contribution in [0.4, 0.5) is 0 Å². The Morgan fingerprint density at radius 3 is 2.38 bits per heavy atom. The summed E-state index contributed by atoms with van der Waals surface area (Å²) in [6, 6.07) is 8.86. The Bertz CT molecular complexity index is 493. The largest absolute Gasteiger partial charge is 0.466 e. The minimum Gasteiger partial charge on any atom is -0.466 e. The molecule has 1 unspecified atom stereocenters. The van der Waals surface area contributed by atoms with Crippen LogP contribution in [-0.2, 0) is 14.9 Å². The number of carbonyl (C=O) groups excluding carboxylic acids is 1. The molecule has 2 saturated carbocycles. The van der Waals surface area contributed by atoms with Crippen LogP contribution in [0.3, 0.4) is 0 Å². The van der Waals surface area contributed by atoms with Gasteiger partial charge in [-0.05, 0) is 51.0 Å². The summed E-state index contributed by atoms with van der Waals surface area (Å²) in [5, 5.41) is 0. The Morgan fingerprint density at radius 1 is 1.19 bits per heavy atom. The average Bonchev–Trinajstić information content (AvgIpc) is 2.47. The van der Waals surface area contributed by atoms with E-state index in [2.05, 4.69) is 31.2 Å². The lowest BCUT2D eigenvalue weighted by Gasteiger charge is -2.51. The molecule has 2 bridgehead atoms. The van der Waals surface area contributed by atoms with Crippen LogP contribution in [0.15, 0.2) is 24.3 Å². The first-order chi connectivity index (χ1) is 10.2. The quantitative estimate of drug-likeness (QED) is 0.770. The number of esters is 1. The van der Waals surface area contributed by atoms with Crippen molar-refractivity contribution in [3.63, 3.8) is 0 Å². The van der Waals surface area contributed by atoms with Gasteiger partial charge in [0.05, 0.1) is 12.5 Å². The predicted molar refractivity (Wildman–Crippen MR) is 84.2 cm³/mol. The molecule has 1 aromatic rings. The van der Waals surface area contributed by atoms with Crippen LogP contribution in [0.5, 0.6) is 0 Å². The first-order valence-electron chi connectivity index (χ1n) is 8.41. The van der Waals surface area contributed by atoms with E-state index in [0.717, 1.165) is 12.8 Å². The van der Waals surface area contributed by atoms with Gasteiger partial charge in [-0.15, -0.1) is 0 Å². The van der Waals surface area contributed by atoms with Crippen molar-refractivity contribution in [1.82, 2.24) is 0 Å². The van der Waals surface area contributed by atoms with Crippen molar-refractivity contribution in [2.45, 2.75) is 57.8 Å². The van der Waals surface area contributed by atoms with Crippen LogP contribution in [0.1, 0.15) is 56.6 Å². The molecule has 3 rings (SSSR count). The Balaban J connectivity index is 2.01. The van der Waals surface area contributed by atoms with Crippen LogP contribution in [0.25, 0.3) is 0 Å². The minimum atomic E-state index is 0.0289. The van der Waals surface area contributed by atoms with Gasteiger partial charge in [0.15, 0.2) is 0 Å². The van der Waals surface area contributed by atoms with Gasteiger partial charge in [-0.2, -0.15) is 0 Å². The van der Waals surface area contributed by atoms with Gasteiger partial charge in [0.1, 0.15) is 0 Å². The van der Waals surface area contributed by atoms with E-state index >= 15 is 0 Å². The molecular formula is C19H26O2. The molecular weight excluding hydrogens is 260 g/mol. The second kappa shape index (κ2) is 5.82. The normalized spacial score (nSPS) is 31.7. The fourth-order valence-corrected chi connectivity index (χ4v) is 4.73. The second-order valence-corrected chi connectivity index (χ2v) is 6.80. The highest BCUT2D eigenvalue weighted by Gasteiger charge is 2.52. The highest BCUT2D eigenvalue weighted by atomic mass is 16.5. The Hall–Kier alpha value is -1.31. The lowest BCUT2D eigenvalue weighted by molar-refractivity contribution is -0.157. The molecule has 0 radical (unpaired) electrons. The number of hydrogen-bond donors (Lipinski definition) is 0. The number of benzene rings is 1. The molecule has 2 heteroatoms. The zero-order chi connectivity index (χ0) is 14.9. The molecule has 1 aromatic carbocycles. The maximum atomic E-state index is 12.6. The summed E-state index contributed by atoms with van der Waals surface area (Å²) in [7, 11) is 0. The van der Waals surface area contributed by atoms with Crippen LogP contribution in [0, 0.1) is 18.8 Å². The topological polar surface area (TPSA) is 26.3 Å².